The second kappa shape index (κ2) is 5.36. The lowest BCUT2D eigenvalue weighted by Gasteiger charge is -2.23. The third-order valence-electron chi connectivity index (χ3n) is 3.88. The Morgan fingerprint density at radius 3 is 2.85 bits per heavy atom. The molecule has 0 amide bonds. The highest BCUT2D eigenvalue weighted by Gasteiger charge is 2.26. The molecule has 3 heterocycles. The predicted octanol–water partition coefficient (Wildman–Crippen LogP) is 1.86. The van der Waals surface area contributed by atoms with E-state index in [1.54, 1.807) is 0 Å². The third kappa shape index (κ3) is 2.75. The van der Waals surface area contributed by atoms with Crippen LogP contribution in [0.3, 0.4) is 0 Å². The number of hydrogen-bond acceptors (Lipinski definition) is 5. The minimum absolute atomic E-state index is 0.500. The summed E-state index contributed by atoms with van der Waals surface area (Å²) in [5.74, 6) is 2.78. The van der Waals surface area contributed by atoms with Gasteiger partial charge in [0.25, 0.3) is 0 Å². The van der Waals surface area contributed by atoms with E-state index >= 15 is 0 Å². The van der Waals surface area contributed by atoms with E-state index in [0.717, 1.165) is 42.7 Å². The zero-order valence-corrected chi connectivity index (χ0v) is 12.3. The molecule has 0 unspecified atom stereocenters. The Labute approximate surface area is 118 Å². The van der Waals surface area contributed by atoms with Gasteiger partial charge in [-0.1, -0.05) is 5.16 Å². The first-order valence-corrected chi connectivity index (χ1v) is 7.16. The van der Waals surface area contributed by atoms with Gasteiger partial charge in [0, 0.05) is 12.1 Å². The van der Waals surface area contributed by atoms with E-state index in [0.29, 0.717) is 6.04 Å². The summed E-state index contributed by atoms with van der Waals surface area (Å²) in [6.07, 6.45) is 2.43. The second-order valence-electron chi connectivity index (χ2n) is 5.59. The molecule has 0 radical (unpaired) electrons. The number of hydrogen-bond donors (Lipinski definition) is 0. The molecule has 0 N–H and O–H groups in total. The molecule has 108 valence electrons. The van der Waals surface area contributed by atoms with Crippen LogP contribution in [0.5, 0.6) is 0 Å². The standard InChI is InChI=1S/C14H21N5O/c1-10-7-14(20-17-10)9-18-6-4-5-13(18)8-19-12(3)15-11(2)16-19/h7,13H,4-6,8-9H2,1-3H3/t13-/m1/s1. The van der Waals surface area contributed by atoms with Gasteiger partial charge < -0.3 is 4.52 Å². The summed E-state index contributed by atoms with van der Waals surface area (Å²) in [6.45, 7) is 8.75. The summed E-state index contributed by atoms with van der Waals surface area (Å²) in [7, 11) is 0. The van der Waals surface area contributed by atoms with Gasteiger partial charge in [-0.25, -0.2) is 9.67 Å². The van der Waals surface area contributed by atoms with Gasteiger partial charge in [-0.15, -0.1) is 0 Å². The van der Waals surface area contributed by atoms with E-state index in [1.807, 2.05) is 31.5 Å². The van der Waals surface area contributed by atoms with Crippen molar-refractivity contribution >= 4 is 0 Å². The number of nitrogens with zero attached hydrogens (tertiary/aromatic N) is 5. The molecule has 6 heteroatoms. The summed E-state index contributed by atoms with van der Waals surface area (Å²) in [6, 6.07) is 2.51. The smallest absolute Gasteiger partial charge is 0.150 e. The number of aromatic nitrogens is 4. The highest BCUT2D eigenvalue weighted by Crippen LogP contribution is 2.22. The maximum atomic E-state index is 5.33. The Kier molecular flexibility index (Phi) is 3.56. The van der Waals surface area contributed by atoms with Crippen LogP contribution in [0.25, 0.3) is 0 Å². The Balaban J connectivity index is 1.67. The summed E-state index contributed by atoms with van der Waals surface area (Å²) in [5, 5.41) is 8.42. The van der Waals surface area contributed by atoms with E-state index in [1.165, 1.54) is 12.8 Å². The van der Waals surface area contributed by atoms with Crippen LogP contribution in [-0.2, 0) is 13.1 Å². The van der Waals surface area contributed by atoms with Crippen molar-refractivity contribution in [3.8, 4) is 0 Å². The highest BCUT2D eigenvalue weighted by atomic mass is 16.5. The first kappa shape index (κ1) is 13.3. The monoisotopic (exact) mass is 275 g/mol. The van der Waals surface area contributed by atoms with Crippen molar-refractivity contribution in [2.24, 2.45) is 0 Å². The first-order chi connectivity index (χ1) is 9.61. The average molecular weight is 275 g/mol. The van der Waals surface area contributed by atoms with Crippen molar-refractivity contribution in [3.05, 3.63) is 29.2 Å². The maximum absolute atomic E-state index is 5.33. The molecule has 0 saturated carbocycles. The maximum Gasteiger partial charge on any atom is 0.150 e. The Bertz CT molecular complexity index is 588. The molecular weight excluding hydrogens is 254 g/mol. The van der Waals surface area contributed by atoms with Crippen LogP contribution in [0.4, 0.5) is 0 Å². The van der Waals surface area contributed by atoms with Gasteiger partial charge >= 0.3 is 0 Å². The van der Waals surface area contributed by atoms with Gasteiger partial charge in [0.05, 0.1) is 18.8 Å². The molecular formula is C14H21N5O. The third-order valence-corrected chi connectivity index (χ3v) is 3.88. The summed E-state index contributed by atoms with van der Waals surface area (Å²) in [4.78, 5) is 6.83. The molecule has 0 bridgehead atoms. The predicted molar refractivity (Wildman–Crippen MR) is 74.2 cm³/mol. The fraction of sp³-hybridized carbons (Fsp3) is 0.643. The van der Waals surface area contributed by atoms with Crippen LogP contribution in [0.1, 0.15) is 35.9 Å². The quantitative estimate of drug-likeness (QED) is 0.852. The van der Waals surface area contributed by atoms with Crippen LogP contribution in [0.15, 0.2) is 10.6 Å². The molecule has 0 aromatic carbocycles. The molecule has 1 aliphatic heterocycles. The molecule has 2 aromatic rings. The van der Waals surface area contributed by atoms with E-state index < -0.39 is 0 Å². The van der Waals surface area contributed by atoms with Gasteiger partial charge in [0.15, 0.2) is 5.76 Å². The zero-order valence-electron chi connectivity index (χ0n) is 12.3. The molecule has 1 saturated heterocycles. The number of rotatable bonds is 4. The lowest BCUT2D eigenvalue weighted by molar-refractivity contribution is 0.194. The highest BCUT2D eigenvalue weighted by molar-refractivity contribution is 5.03. The molecule has 20 heavy (non-hydrogen) atoms. The topological polar surface area (TPSA) is 60.0 Å². The van der Waals surface area contributed by atoms with Crippen molar-refractivity contribution in [2.45, 2.75) is 52.7 Å². The molecule has 0 spiro atoms. The first-order valence-electron chi connectivity index (χ1n) is 7.16. The Morgan fingerprint density at radius 1 is 1.35 bits per heavy atom. The molecule has 3 rings (SSSR count). The van der Waals surface area contributed by atoms with Gasteiger partial charge in [-0.3, -0.25) is 4.90 Å². The van der Waals surface area contributed by atoms with Gasteiger partial charge in [-0.05, 0) is 40.2 Å². The summed E-state index contributed by atoms with van der Waals surface area (Å²) >= 11 is 0. The van der Waals surface area contributed by atoms with Crippen molar-refractivity contribution in [1.82, 2.24) is 24.8 Å². The van der Waals surface area contributed by atoms with E-state index in [2.05, 4.69) is 20.1 Å². The van der Waals surface area contributed by atoms with E-state index in [-0.39, 0.29) is 0 Å². The molecule has 6 nitrogen and oxygen atoms in total. The van der Waals surface area contributed by atoms with Crippen molar-refractivity contribution in [1.29, 1.82) is 0 Å². The Hall–Kier alpha value is -1.69. The zero-order chi connectivity index (χ0) is 14.1. The summed E-state index contributed by atoms with van der Waals surface area (Å²) < 4.78 is 7.34. The normalized spacial score (nSPS) is 19.9. The Morgan fingerprint density at radius 2 is 2.20 bits per heavy atom. The summed E-state index contributed by atoms with van der Waals surface area (Å²) in [5.41, 5.74) is 0.943. The fourth-order valence-electron chi connectivity index (χ4n) is 2.93. The lowest BCUT2D eigenvalue weighted by atomic mass is 10.2. The van der Waals surface area contributed by atoms with E-state index in [9.17, 15) is 0 Å². The van der Waals surface area contributed by atoms with Crippen LogP contribution in [0.2, 0.25) is 0 Å². The minimum Gasteiger partial charge on any atom is -0.360 e. The van der Waals surface area contributed by atoms with Crippen LogP contribution in [-0.4, -0.2) is 37.4 Å². The molecule has 1 fully saturated rings. The van der Waals surface area contributed by atoms with Gasteiger partial charge in [0.2, 0.25) is 0 Å². The SMILES string of the molecule is Cc1cc(CN2CCC[C@@H]2Cn2nc(C)nc2C)on1. The molecule has 1 aliphatic rings. The van der Waals surface area contributed by atoms with Crippen molar-refractivity contribution in [2.75, 3.05) is 6.54 Å². The largest absolute Gasteiger partial charge is 0.360 e. The number of aryl methyl sites for hydroxylation is 3. The van der Waals surface area contributed by atoms with Crippen LogP contribution >= 0.6 is 0 Å². The minimum atomic E-state index is 0.500. The van der Waals surface area contributed by atoms with Crippen molar-refractivity contribution < 1.29 is 4.52 Å². The van der Waals surface area contributed by atoms with Crippen LogP contribution < -0.4 is 0 Å². The second-order valence-corrected chi connectivity index (χ2v) is 5.59. The van der Waals surface area contributed by atoms with Gasteiger partial charge in [0.1, 0.15) is 11.6 Å². The molecule has 0 aliphatic carbocycles. The van der Waals surface area contributed by atoms with E-state index in [4.69, 9.17) is 4.52 Å². The fourth-order valence-corrected chi connectivity index (χ4v) is 2.93. The number of likely N-dealkylation sites (tertiary alicyclic amines) is 1. The van der Waals surface area contributed by atoms with Crippen LogP contribution in [0, 0.1) is 20.8 Å². The van der Waals surface area contributed by atoms with Crippen molar-refractivity contribution in [3.63, 3.8) is 0 Å². The molecule has 2 aromatic heterocycles. The van der Waals surface area contributed by atoms with Gasteiger partial charge in [-0.2, -0.15) is 5.10 Å². The average Bonchev–Trinajstić information content (AvgIpc) is 3.05. The molecule has 1 atom stereocenters. The lowest BCUT2D eigenvalue weighted by Crippen LogP contribution is -2.33.